The molecule has 0 amide bonds. The average molecular weight is 273 g/mol. The molecule has 0 bridgehead atoms. The minimum atomic E-state index is -3.50. The van der Waals surface area contributed by atoms with Gasteiger partial charge in [0.05, 0.1) is 17.6 Å². The van der Waals surface area contributed by atoms with Crippen LogP contribution >= 0.6 is 0 Å². The Morgan fingerprint density at radius 2 is 1.94 bits per heavy atom. The van der Waals surface area contributed by atoms with Crippen molar-refractivity contribution in [3.05, 3.63) is 24.3 Å². The third-order valence-corrected chi connectivity index (χ3v) is 3.78. The normalized spacial score (nSPS) is 13.3. The van der Waals surface area contributed by atoms with Gasteiger partial charge in [0.2, 0.25) is 10.0 Å². The van der Waals surface area contributed by atoms with Gasteiger partial charge in [0.1, 0.15) is 5.75 Å². The summed E-state index contributed by atoms with van der Waals surface area (Å²) in [6.07, 6.45) is -0.135. The summed E-state index contributed by atoms with van der Waals surface area (Å²) in [7, 11) is -3.50. The van der Waals surface area contributed by atoms with Crippen molar-refractivity contribution in [1.29, 1.82) is 0 Å². The van der Waals surface area contributed by atoms with E-state index in [1.807, 2.05) is 6.92 Å². The third-order valence-electron chi connectivity index (χ3n) is 2.30. The number of rotatable bonds is 7. The summed E-state index contributed by atoms with van der Waals surface area (Å²) in [6, 6.07) is 6.23. The average Bonchev–Trinajstić information content (AvgIpc) is 2.29. The number of benzene rings is 1. The Morgan fingerprint density at radius 3 is 2.44 bits per heavy atom. The lowest BCUT2D eigenvalue weighted by Crippen LogP contribution is -2.26. The van der Waals surface area contributed by atoms with E-state index in [2.05, 4.69) is 4.72 Å². The molecule has 0 aromatic heterocycles. The Labute approximate surface area is 108 Å². The smallest absolute Gasteiger partial charge is 0.240 e. The van der Waals surface area contributed by atoms with Crippen molar-refractivity contribution in [3.63, 3.8) is 0 Å². The van der Waals surface area contributed by atoms with E-state index in [1.54, 1.807) is 19.1 Å². The second-order valence-corrected chi connectivity index (χ2v) is 5.71. The first-order valence-corrected chi connectivity index (χ1v) is 7.34. The van der Waals surface area contributed by atoms with Crippen LogP contribution in [0.25, 0.3) is 0 Å². The monoisotopic (exact) mass is 273 g/mol. The summed E-state index contributed by atoms with van der Waals surface area (Å²) in [6.45, 7) is 4.24. The number of nitrogens with one attached hydrogen (secondary N) is 1. The van der Waals surface area contributed by atoms with Gasteiger partial charge in [-0.3, -0.25) is 0 Å². The number of aliphatic hydroxyl groups excluding tert-OH is 1. The summed E-state index contributed by atoms with van der Waals surface area (Å²) in [5.41, 5.74) is 0. The van der Waals surface area contributed by atoms with Crippen LogP contribution in [-0.4, -0.2) is 32.8 Å². The molecule has 0 aliphatic carbocycles. The number of hydrogen-bond acceptors (Lipinski definition) is 4. The summed E-state index contributed by atoms with van der Waals surface area (Å²) < 4.78 is 31.4. The molecule has 1 unspecified atom stereocenters. The predicted molar refractivity (Wildman–Crippen MR) is 69.1 cm³/mol. The van der Waals surface area contributed by atoms with E-state index in [9.17, 15) is 8.42 Å². The summed E-state index contributed by atoms with van der Waals surface area (Å²) >= 11 is 0. The van der Waals surface area contributed by atoms with Gasteiger partial charge in [0, 0.05) is 6.54 Å². The molecule has 1 aromatic rings. The molecule has 0 saturated heterocycles. The van der Waals surface area contributed by atoms with Gasteiger partial charge in [0.25, 0.3) is 0 Å². The molecule has 0 heterocycles. The maximum Gasteiger partial charge on any atom is 0.240 e. The van der Waals surface area contributed by atoms with Gasteiger partial charge in [-0.2, -0.15) is 0 Å². The minimum absolute atomic E-state index is 0.191. The van der Waals surface area contributed by atoms with Crippen molar-refractivity contribution in [2.45, 2.75) is 31.3 Å². The third kappa shape index (κ3) is 4.64. The standard InChI is InChI=1S/C12H19NO4S/c1-3-17-11-4-6-12(7-5-11)18(15,16)13-9-8-10(2)14/h4-7,10,13-14H,3,8-9H2,1-2H3. The first kappa shape index (κ1) is 14.9. The number of hydrogen-bond donors (Lipinski definition) is 2. The summed E-state index contributed by atoms with van der Waals surface area (Å²) in [5, 5.41) is 9.06. The SMILES string of the molecule is CCOc1ccc(S(=O)(=O)NCCC(C)O)cc1. The zero-order chi connectivity index (χ0) is 13.6. The van der Waals surface area contributed by atoms with E-state index < -0.39 is 16.1 Å². The van der Waals surface area contributed by atoms with Crippen LogP contribution in [0.3, 0.4) is 0 Å². The van der Waals surface area contributed by atoms with Gasteiger partial charge in [-0.1, -0.05) is 0 Å². The number of aliphatic hydroxyl groups is 1. The lowest BCUT2D eigenvalue weighted by Gasteiger charge is -2.09. The first-order chi connectivity index (χ1) is 8.45. The second-order valence-electron chi connectivity index (χ2n) is 3.94. The van der Waals surface area contributed by atoms with Crippen LogP contribution in [0.5, 0.6) is 5.75 Å². The highest BCUT2D eigenvalue weighted by atomic mass is 32.2. The molecule has 102 valence electrons. The Morgan fingerprint density at radius 1 is 1.33 bits per heavy atom. The lowest BCUT2D eigenvalue weighted by atomic mass is 10.3. The van der Waals surface area contributed by atoms with Crippen molar-refractivity contribution >= 4 is 10.0 Å². The zero-order valence-electron chi connectivity index (χ0n) is 10.6. The van der Waals surface area contributed by atoms with Gasteiger partial charge in [-0.15, -0.1) is 0 Å². The van der Waals surface area contributed by atoms with Crippen molar-refractivity contribution in [3.8, 4) is 5.75 Å². The van der Waals surface area contributed by atoms with Crippen molar-refractivity contribution in [1.82, 2.24) is 4.72 Å². The Balaban J connectivity index is 2.67. The topological polar surface area (TPSA) is 75.6 Å². The Bertz CT molecular complexity index is 453. The maximum atomic E-state index is 11.8. The van der Waals surface area contributed by atoms with Crippen LogP contribution < -0.4 is 9.46 Å². The molecule has 0 aliphatic rings. The summed E-state index contributed by atoms with van der Waals surface area (Å²) in [5.74, 6) is 0.639. The van der Waals surface area contributed by atoms with E-state index >= 15 is 0 Å². The number of sulfonamides is 1. The minimum Gasteiger partial charge on any atom is -0.494 e. The number of ether oxygens (including phenoxy) is 1. The quantitative estimate of drug-likeness (QED) is 0.781. The molecular weight excluding hydrogens is 254 g/mol. The van der Waals surface area contributed by atoms with Gasteiger partial charge >= 0.3 is 0 Å². The van der Waals surface area contributed by atoms with Gasteiger partial charge < -0.3 is 9.84 Å². The highest BCUT2D eigenvalue weighted by molar-refractivity contribution is 7.89. The molecule has 1 atom stereocenters. The Kier molecular flexibility index (Phi) is 5.58. The molecule has 0 aliphatic heterocycles. The van der Waals surface area contributed by atoms with Gasteiger partial charge in [-0.05, 0) is 44.5 Å². The highest BCUT2D eigenvalue weighted by Crippen LogP contribution is 2.15. The zero-order valence-corrected chi connectivity index (χ0v) is 11.4. The lowest BCUT2D eigenvalue weighted by molar-refractivity contribution is 0.186. The second kappa shape index (κ2) is 6.72. The molecule has 5 nitrogen and oxygen atoms in total. The summed E-state index contributed by atoms with van der Waals surface area (Å²) in [4.78, 5) is 0.191. The Hall–Kier alpha value is -1.11. The van der Waals surface area contributed by atoms with Crippen molar-refractivity contribution < 1.29 is 18.3 Å². The van der Waals surface area contributed by atoms with Crippen LogP contribution in [0.4, 0.5) is 0 Å². The molecule has 0 radical (unpaired) electrons. The molecular formula is C12H19NO4S. The van der Waals surface area contributed by atoms with Gasteiger partial charge in [-0.25, -0.2) is 13.1 Å². The molecule has 1 aromatic carbocycles. The van der Waals surface area contributed by atoms with Crippen LogP contribution in [-0.2, 0) is 10.0 Å². The predicted octanol–water partition coefficient (Wildman–Crippen LogP) is 1.13. The van der Waals surface area contributed by atoms with Crippen molar-refractivity contribution in [2.24, 2.45) is 0 Å². The van der Waals surface area contributed by atoms with E-state index in [1.165, 1.54) is 12.1 Å². The van der Waals surface area contributed by atoms with Crippen LogP contribution in [0.15, 0.2) is 29.2 Å². The largest absolute Gasteiger partial charge is 0.494 e. The van der Waals surface area contributed by atoms with E-state index in [-0.39, 0.29) is 11.4 Å². The van der Waals surface area contributed by atoms with Crippen LogP contribution in [0, 0.1) is 0 Å². The van der Waals surface area contributed by atoms with Crippen LogP contribution in [0.2, 0.25) is 0 Å². The molecule has 0 fully saturated rings. The fraction of sp³-hybridized carbons (Fsp3) is 0.500. The molecule has 18 heavy (non-hydrogen) atoms. The molecule has 1 rings (SSSR count). The molecule has 6 heteroatoms. The molecule has 0 spiro atoms. The molecule has 0 saturated carbocycles. The fourth-order valence-corrected chi connectivity index (χ4v) is 2.41. The fourth-order valence-electron chi connectivity index (χ4n) is 1.37. The van der Waals surface area contributed by atoms with E-state index in [0.29, 0.717) is 18.8 Å². The van der Waals surface area contributed by atoms with E-state index in [4.69, 9.17) is 9.84 Å². The maximum absolute atomic E-state index is 11.8. The van der Waals surface area contributed by atoms with Crippen molar-refractivity contribution in [2.75, 3.05) is 13.2 Å². The van der Waals surface area contributed by atoms with Gasteiger partial charge in [0.15, 0.2) is 0 Å². The first-order valence-electron chi connectivity index (χ1n) is 5.86. The molecule has 2 N–H and O–H groups in total. The van der Waals surface area contributed by atoms with E-state index in [0.717, 1.165) is 0 Å². The van der Waals surface area contributed by atoms with Crippen LogP contribution in [0.1, 0.15) is 20.3 Å². The highest BCUT2D eigenvalue weighted by Gasteiger charge is 2.13.